The molecule has 2 atom stereocenters. The highest BCUT2D eigenvalue weighted by atomic mass is 79.9. The fourth-order valence-electron chi connectivity index (χ4n) is 3.68. The van der Waals surface area contributed by atoms with Crippen molar-refractivity contribution in [1.29, 1.82) is 0 Å². The van der Waals surface area contributed by atoms with Gasteiger partial charge < -0.3 is 4.74 Å². The second kappa shape index (κ2) is 6.54. The zero-order valence-corrected chi connectivity index (χ0v) is 14.7. The van der Waals surface area contributed by atoms with Crippen molar-refractivity contribution in [3.63, 3.8) is 0 Å². The molecule has 2 aromatic carbocycles. The molecule has 2 aliphatic rings. The maximum atomic E-state index is 13.9. The first-order chi connectivity index (χ1) is 11.6. The second-order valence-electron chi connectivity index (χ2n) is 6.54. The predicted octanol–water partition coefficient (Wildman–Crippen LogP) is 4.96. The van der Waals surface area contributed by atoms with Gasteiger partial charge in [0.2, 0.25) is 0 Å². The molecule has 5 heteroatoms. The van der Waals surface area contributed by atoms with Gasteiger partial charge in [-0.2, -0.15) is 0 Å². The highest BCUT2D eigenvalue weighted by Crippen LogP contribution is 2.35. The normalized spacial score (nSPS) is 24.1. The lowest BCUT2D eigenvalue weighted by molar-refractivity contribution is -0.0410. The van der Waals surface area contributed by atoms with Crippen LogP contribution in [0.1, 0.15) is 35.6 Å². The molecule has 0 saturated carbocycles. The third-order valence-corrected chi connectivity index (χ3v) is 5.48. The van der Waals surface area contributed by atoms with Gasteiger partial charge in [-0.3, -0.25) is 4.90 Å². The van der Waals surface area contributed by atoms with Crippen molar-refractivity contribution in [2.75, 3.05) is 6.61 Å². The molecular formula is C19H18BrF2NO. The van der Waals surface area contributed by atoms with Crippen LogP contribution in [0.3, 0.4) is 0 Å². The van der Waals surface area contributed by atoms with Gasteiger partial charge in [0, 0.05) is 29.2 Å². The number of nitrogens with zero attached hydrogens (tertiary/aromatic N) is 1. The Morgan fingerprint density at radius 1 is 1.00 bits per heavy atom. The summed E-state index contributed by atoms with van der Waals surface area (Å²) in [7, 11) is 0. The summed E-state index contributed by atoms with van der Waals surface area (Å²) in [5.41, 5.74) is 3.04. The average molecular weight is 394 g/mol. The molecule has 24 heavy (non-hydrogen) atoms. The Hall–Kier alpha value is -1.30. The third kappa shape index (κ3) is 3.13. The fraction of sp³-hybridized carbons (Fsp3) is 0.368. The van der Waals surface area contributed by atoms with Crippen LogP contribution in [0.15, 0.2) is 40.9 Å². The van der Waals surface area contributed by atoms with Gasteiger partial charge in [-0.25, -0.2) is 8.78 Å². The number of halogens is 3. The van der Waals surface area contributed by atoms with Crippen LogP contribution in [0.25, 0.3) is 0 Å². The molecule has 0 aromatic heterocycles. The first kappa shape index (κ1) is 16.2. The van der Waals surface area contributed by atoms with Gasteiger partial charge >= 0.3 is 0 Å². The molecule has 126 valence electrons. The van der Waals surface area contributed by atoms with E-state index < -0.39 is 11.6 Å². The van der Waals surface area contributed by atoms with E-state index in [0.29, 0.717) is 24.6 Å². The minimum Gasteiger partial charge on any atom is -0.372 e. The molecular weight excluding hydrogens is 376 g/mol. The number of ether oxygens (including phenoxy) is 1. The molecule has 1 fully saturated rings. The minimum absolute atomic E-state index is 0.323. The first-order valence-corrected chi connectivity index (χ1v) is 8.97. The van der Waals surface area contributed by atoms with Gasteiger partial charge in [0.25, 0.3) is 0 Å². The van der Waals surface area contributed by atoms with Gasteiger partial charge in [0.15, 0.2) is 0 Å². The number of hydrogen-bond acceptors (Lipinski definition) is 2. The Balaban J connectivity index is 1.41. The summed E-state index contributed by atoms with van der Waals surface area (Å²) in [4.78, 5) is 2.41. The van der Waals surface area contributed by atoms with Crippen LogP contribution in [-0.4, -0.2) is 17.5 Å². The molecule has 2 nitrogen and oxygen atoms in total. The molecule has 0 N–H and O–H groups in total. The maximum absolute atomic E-state index is 13.9. The van der Waals surface area contributed by atoms with E-state index in [4.69, 9.17) is 4.74 Å². The van der Waals surface area contributed by atoms with Crippen molar-refractivity contribution >= 4 is 15.9 Å². The summed E-state index contributed by atoms with van der Waals surface area (Å²) in [5.74, 6) is -0.809. The van der Waals surface area contributed by atoms with Crippen LogP contribution in [0.4, 0.5) is 8.78 Å². The SMILES string of the molecule is Fc1ccc(F)c([C@@H]2CC[C@@H](N3Cc4ccc(Br)cc4C3)CO2)c1. The van der Waals surface area contributed by atoms with Crippen LogP contribution in [0.2, 0.25) is 0 Å². The van der Waals surface area contributed by atoms with Crippen molar-refractivity contribution < 1.29 is 13.5 Å². The van der Waals surface area contributed by atoms with E-state index >= 15 is 0 Å². The van der Waals surface area contributed by atoms with E-state index in [1.165, 1.54) is 23.3 Å². The quantitative estimate of drug-likeness (QED) is 0.714. The van der Waals surface area contributed by atoms with E-state index in [0.717, 1.165) is 30.0 Å². The van der Waals surface area contributed by atoms with E-state index in [9.17, 15) is 8.78 Å². The summed E-state index contributed by atoms with van der Waals surface area (Å²) in [6.45, 7) is 2.40. The molecule has 4 rings (SSSR count). The Bertz CT molecular complexity index is 759. The first-order valence-electron chi connectivity index (χ1n) is 8.18. The molecule has 2 aliphatic heterocycles. The summed E-state index contributed by atoms with van der Waals surface area (Å²) >= 11 is 3.52. The molecule has 0 aliphatic carbocycles. The van der Waals surface area contributed by atoms with Gasteiger partial charge in [-0.05, 0) is 54.3 Å². The zero-order valence-electron chi connectivity index (χ0n) is 13.1. The van der Waals surface area contributed by atoms with Crippen LogP contribution in [-0.2, 0) is 17.8 Å². The summed E-state index contributed by atoms with van der Waals surface area (Å²) in [5, 5.41) is 0. The van der Waals surface area contributed by atoms with E-state index in [1.807, 2.05) is 0 Å². The molecule has 2 heterocycles. The number of benzene rings is 2. The molecule has 0 amide bonds. The highest BCUT2D eigenvalue weighted by molar-refractivity contribution is 9.10. The van der Waals surface area contributed by atoms with Crippen molar-refractivity contribution in [2.45, 2.75) is 38.1 Å². The standard InChI is InChI=1S/C19H18BrF2NO/c20-14-2-1-12-9-23(10-13(12)7-14)16-4-6-19(24-11-16)17-8-15(21)3-5-18(17)22/h1-3,5,7-8,16,19H,4,6,9-11H2/t16-,19+/m1/s1. The summed E-state index contributed by atoms with van der Waals surface area (Å²) in [6.07, 6.45) is 1.29. The number of hydrogen-bond donors (Lipinski definition) is 0. The third-order valence-electron chi connectivity index (χ3n) is 4.99. The minimum atomic E-state index is -0.419. The van der Waals surface area contributed by atoms with Gasteiger partial charge in [-0.1, -0.05) is 22.0 Å². The van der Waals surface area contributed by atoms with Gasteiger partial charge in [0.1, 0.15) is 11.6 Å². The predicted molar refractivity (Wildman–Crippen MR) is 91.5 cm³/mol. The molecule has 1 saturated heterocycles. The highest BCUT2D eigenvalue weighted by Gasteiger charge is 2.31. The van der Waals surface area contributed by atoms with Gasteiger partial charge in [0.05, 0.1) is 12.7 Å². The van der Waals surface area contributed by atoms with Crippen LogP contribution >= 0.6 is 15.9 Å². The van der Waals surface area contributed by atoms with Crippen molar-refractivity contribution in [3.8, 4) is 0 Å². The van der Waals surface area contributed by atoms with E-state index in [1.54, 1.807) is 0 Å². The van der Waals surface area contributed by atoms with E-state index in [-0.39, 0.29) is 6.10 Å². The second-order valence-corrected chi connectivity index (χ2v) is 7.45. The average Bonchev–Trinajstić information content (AvgIpc) is 3.00. The zero-order chi connectivity index (χ0) is 16.7. The molecule has 0 spiro atoms. The Kier molecular flexibility index (Phi) is 4.41. The lowest BCUT2D eigenvalue weighted by Crippen LogP contribution is -2.38. The number of rotatable bonds is 2. The van der Waals surface area contributed by atoms with Gasteiger partial charge in [-0.15, -0.1) is 0 Å². The summed E-state index contributed by atoms with van der Waals surface area (Å²) < 4.78 is 34.3. The Labute approximate surface area is 148 Å². The van der Waals surface area contributed by atoms with Crippen LogP contribution < -0.4 is 0 Å². The smallest absolute Gasteiger partial charge is 0.129 e. The molecule has 0 unspecified atom stereocenters. The van der Waals surface area contributed by atoms with Crippen molar-refractivity contribution in [3.05, 3.63) is 69.2 Å². The maximum Gasteiger partial charge on any atom is 0.129 e. The molecule has 2 aromatic rings. The fourth-order valence-corrected chi connectivity index (χ4v) is 4.09. The Morgan fingerprint density at radius 2 is 1.83 bits per heavy atom. The van der Waals surface area contributed by atoms with Crippen molar-refractivity contribution in [2.24, 2.45) is 0 Å². The molecule has 0 radical (unpaired) electrons. The summed E-state index contributed by atoms with van der Waals surface area (Å²) in [6, 6.07) is 10.3. The topological polar surface area (TPSA) is 12.5 Å². The van der Waals surface area contributed by atoms with Crippen LogP contribution in [0, 0.1) is 11.6 Å². The van der Waals surface area contributed by atoms with Crippen LogP contribution in [0.5, 0.6) is 0 Å². The monoisotopic (exact) mass is 393 g/mol. The Morgan fingerprint density at radius 3 is 2.62 bits per heavy atom. The largest absolute Gasteiger partial charge is 0.372 e. The molecule has 0 bridgehead atoms. The number of fused-ring (bicyclic) bond motifs is 1. The van der Waals surface area contributed by atoms with Crippen molar-refractivity contribution in [1.82, 2.24) is 4.90 Å². The lowest BCUT2D eigenvalue weighted by Gasteiger charge is -2.34. The van der Waals surface area contributed by atoms with E-state index in [2.05, 4.69) is 39.0 Å². The lowest BCUT2D eigenvalue weighted by atomic mass is 9.97.